The summed E-state index contributed by atoms with van der Waals surface area (Å²) < 4.78 is 21.1. The number of nitrogens with one attached hydrogen (secondary N) is 1. The van der Waals surface area contributed by atoms with Crippen molar-refractivity contribution in [3.05, 3.63) is 67.0 Å². The number of ether oxygens (including phenoxy) is 1. The maximum atomic E-state index is 14.2. The first-order valence-electron chi connectivity index (χ1n) is 8.94. The summed E-state index contributed by atoms with van der Waals surface area (Å²) in [6.45, 7) is 5.92. The minimum atomic E-state index is -0.446. The first kappa shape index (κ1) is 20.6. The molecule has 0 spiro atoms. The summed E-state index contributed by atoms with van der Waals surface area (Å²) in [7, 11) is 1.58. The Balaban J connectivity index is 1.77. The summed E-state index contributed by atoms with van der Waals surface area (Å²) in [5, 5.41) is 11.2. The Labute approximate surface area is 172 Å². The molecule has 0 radical (unpaired) electrons. The van der Waals surface area contributed by atoms with Gasteiger partial charge in [0.2, 0.25) is 5.91 Å². The largest absolute Gasteiger partial charge is 0.497 e. The number of methoxy groups -OCH3 is 1. The van der Waals surface area contributed by atoms with E-state index in [2.05, 4.69) is 22.1 Å². The molecule has 3 aromatic rings. The predicted molar refractivity (Wildman–Crippen MR) is 113 cm³/mol. The molecule has 150 valence electrons. The van der Waals surface area contributed by atoms with Crippen LogP contribution in [0.15, 0.2) is 66.3 Å². The van der Waals surface area contributed by atoms with E-state index in [9.17, 15) is 9.18 Å². The van der Waals surface area contributed by atoms with Gasteiger partial charge in [-0.2, -0.15) is 0 Å². The van der Waals surface area contributed by atoms with Gasteiger partial charge in [-0.1, -0.05) is 30.0 Å². The summed E-state index contributed by atoms with van der Waals surface area (Å²) >= 11 is 1.25. The maximum Gasteiger partial charge on any atom is 0.237 e. The van der Waals surface area contributed by atoms with Gasteiger partial charge in [0, 0.05) is 12.2 Å². The average Bonchev–Trinajstić information content (AvgIpc) is 3.11. The van der Waals surface area contributed by atoms with Gasteiger partial charge >= 0.3 is 0 Å². The van der Waals surface area contributed by atoms with Crippen molar-refractivity contribution in [1.29, 1.82) is 0 Å². The molecule has 0 saturated carbocycles. The summed E-state index contributed by atoms with van der Waals surface area (Å²) in [4.78, 5) is 12.6. The van der Waals surface area contributed by atoms with Crippen LogP contribution in [0, 0.1) is 5.82 Å². The van der Waals surface area contributed by atoms with Gasteiger partial charge in [0.05, 0.1) is 17.9 Å². The monoisotopic (exact) mass is 412 g/mol. The molecule has 29 heavy (non-hydrogen) atoms. The van der Waals surface area contributed by atoms with Crippen LogP contribution in [0.1, 0.15) is 6.92 Å². The van der Waals surface area contributed by atoms with Crippen molar-refractivity contribution >= 4 is 23.4 Å². The highest BCUT2D eigenvalue weighted by Gasteiger charge is 2.21. The molecule has 0 aliphatic carbocycles. The number of hydrogen-bond acceptors (Lipinski definition) is 5. The second kappa shape index (κ2) is 9.38. The third-order valence-electron chi connectivity index (χ3n) is 4.15. The Bertz CT molecular complexity index is 1000. The molecule has 1 atom stereocenters. The van der Waals surface area contributed by atoms with Crippen LogP contribution < -0.4 is 10.1 Å². The van der Waals surface area contributed by atoms with Crippen LogP contribution in [-0.4, -0.2) is 33.0 Å². The van der Waals surface area contributed by atoms with Crippen molar-refractivity contribution < 1.29 is 13.9 Å². The SMILES string of the molecule is C=CCn1c(SC(C)C(=O)Nc2ccc(OC)cc2)nnc1-c1ccccc1F. The number of benzene rings is 2. The maximum absolute atomic E-state index is 14.2. The number of nitrogens with zero attached hydrogens (tertiary/aromatic N) is 3. The number of halogens is 1. The molecule has 0 fully saturated rings. The van der Waals surface area contributed by atoms with E-state index in [1.165, 1.54) is 17.8 Å². The highest BCUT2D eigenvalue weighted by molar-refractivity contribution is 8.00. The van der Waals surface area contributed by atoms with E-state index in [1.807, 2.05) is 0 Å². The van der Waals surface area contributed by atoms with Gasteiger partial charge in [0.1, 0.15) is 11.6 Å². The number of anilines is 1. The van der Waals surface area contributed by atoms with Crippen LogP contribution in [0.5, 0.6) is 5.75 Å². The Morgan fingerprint density at radius 1 is 1.28 bits per heavy atom. The fraction of sp³-hybridized carbons (Fsp3) is 0.190. The fourth-order valence-corrected chi connectivity index (χ4v) is 3.50. The fourth-order valence-electron chi connectivity index (χ4n) is 2.64. The van der Waals surface area contributed by atoms with Crippen LogP contribution in [0.2, 0.25) is 0 Å². The number of carbonyl (C=O) groups excluding carboxylic acids is 1. The van der Waals surface area contributed by atoms with Crippen molar-refractivity contribution in [2.45, 2.75) is 23.9 Å². The molecule has 3 rings (SSSR count). The quantitative estimate of drug-likeness (QED) is 0.439. The first-order chi connectivity index (χ1) is 14.0. The molecule has 6 nitrogen and oxygen atoms in total. The zero-order chi connectivity index (χ0) is 20.8. The number of hydrogen-bond donors (Lipinski definition) is 1. The standard InChI is InChI=1S/C21H21FN4O2S/c1-4-13-26-19(17-7-5-6-8-18(17)22)24-25-21(26)29-14(2)20(27)23-15-9-11-16(28-3)12-10-15/h4-12,14H,1,13H2,2-3H3,(H,23,27). The van der Waals surface area contributed by atoms with Crippen LogP contribution in [0.4, 0.5) is 10.1 Å². The van der Waals surface area contributed by atoms with Crippen LogP contribution in [0.25, 0.3) is 11.4 Å². The lowest BCUT2D eigenvalue weighted by atomic mass is 10.2. The van der Waals surface area contributed by atoms with Gasteiger partial charge in [-0.05, 0) is 43.3 Å². The lowest BCUT2D eigenvalue weighted by Crippen LogP contribution is -2.23. The number of amides is 1. The molecule has 0 saturated heterocycles. The number of aromatic nitrogens is 3. The van der Waals surface area contributed by atoms with E-state index in [0.29, 0.717) is 34.5 Å². The van der Waals surface area contributed by atoms with E-state index < -0.39 is 5.25 Å². The molecule has 2 aromatic carbocycles. The van der Waals surface area contributed by atoms with Gasteiger partial charge in [-0.25, -0.2) is 4.39 Å². The molecule has 1 unspecified atom stereocenters. The van der Waals surface area contributed by atoms with Crippen LogP contribution in [0.3, 0.4) is 0 Å². The number of allylic oxidation sites excluding steroid dienone is 1. The summed E-state index contributed by atoms with van der Waals surface area (Å²) in [6.07, 6.45) is 1.68. The minimum absolute atomic E-state index is 0.180. The van der Waals surface area contributed by atoms with E-state index in [-0.39, 0.29) is 11.7 Å². The smallest absolute Gasteiger partial charge is 0.237 e. The van der Waals surface area contributed by atoms with Crippen molar-refractivity contribution in [1.82, 2.24) is 14.8 Å². The van der Waals surface area contributed by atoms with E-state index >= 15 is 0 Å². The molecule has 8 heteroatoms. The lowest BCUT2D eigenvalue weighted by molar-refractivity contribution is -0.115. The van der Waals surface area contributed by atoms with Crippen LogP contribution >= 0.6 is 11.8 Å². The van der Waals surface area contributed by atoms with Gasteiger partial charge in [0.25, 0.3) is 0 Å². The van der Waals surface area contributed by atoms with Gasteiger partial charge < -0.3 is 10.1 Å². The average molecular weight is 412 g/mol. The molecular weight excluding hydrogens is 391 g/mol. The molecule has 0 aliphatic rings. The van der Waals surface area contributed by atoms with Gasteiger partial charge in [-0.15, -0.1) is 16.8 Å². The highest BCUT2D eigenvalue weighted by Crippen LogP contribution is 2.28. The second-order valence-electron chi connectivity index (χ2n) is 6.16. The summed E-state index contributed by atoms with van der Waals surface area (Å²) in [6, 6.07) is 13.5. The minimum Gasteiger partial charge on any atom is -0.497 e. The highest BCUT2D eigenvalue weighted by atomic mass is 32.2. The predicted octanol–water partition coefficient (Wildman–Crippen LogP) is 4.40. The Morgan fingerprint density at radius 2 is 2.00 bits per heavy atom. The van der Waals surface area contributed by atoms with Crippen molar-refractivity contribution in [3.63, 3.8) is 0 Å². The Morgan fingerprint density at radius 3 is 2.66 bits per heavy atom. The van der Waals surface area contributed by atoms with Crippen molar-refractivity contribution in [2.75, 3.05) is 12.4 Å². The second-order valence-corrected chi connectivity index (χ2v) is 7.47. The zero-order valence-electron chi connectivity index (χ0n) is 16.1. The zero-order valence-corrected chi connectivity index (χ0v) is 16.9. The van der Waals surface area contributed by atoms with Crippen molar-refractivity contribution in [3.8, 4) is 17.1 Å². The molecule has 0 aliphatic heterocycles. The van der Waals surface area contributed by atoms with Crippen molar-refractivity contribution in [2.24, 2.45) is 0 Å². The molecule has 0 bridgehead atoms. The van der Waals surface area contributed by atoms with Gasteiger partial charge in [0.15, 0.2) is 11.0 Å². The normalized spacial score (nSPS) is 11.7. The topological polar surface area (TPSA) is 69.0 Å². The first-order valence-corrected chi connectivity index (χ1v) is 9.82. The van der Waals surface area contributed by atoms with E-state index in [4.69, 9.17) is 4.74 Å². The molecule has 1 aromatic heterocycles. The van der Waals surface area contributed by atoms with Gasteiger partial charge in [-0.3, -0.25) is 9.36 Å². The van der Waals surface area contributed by atoms with E-state index in [1.54, 1.807) is 67.1 Å². The third-order valence-corrected chi connectivity index (χ3v) is 5.23. The summed E-state index contributed by atoms with van der Waals surface area (Å²) in [5.74, 6) is 0.546. The Kier molecular flexibility index (Phi) is 6.66. The third kappa shape index (κ3) is 4.83. The number of carbonyl (C=O) groups is 1. The Hall–Kier alpha value is -3.13. The molecular formula is C21H21FN4O2S. The summed E-state index contributed by atoms with van der Waals surface area (Å²) in [5.41, 5.74) is 1.02. The molecule has 1 amide bonds. The number of thioether (sulfide) groups is 1. The van der Waals surface area contributed by atoms with E-state index in [0.717, 1.165) is 0 Å². The van der Waals surface area contributed by atoms with Crippen LogP contribution in [-0.2, 0) is 11.3 Å². The lowest BCUT2D eigenvalue weighted by Gasteiger charge is -2.13. The number of rotatable bonds is 8. The molecule has 1 N–H and O–H groups in total. The molecule has 1 heterocycles.